The molecule has 1 aromatic carbocycles. The Kier molecular flexibility index (Phi) is 2.89. The van der Waals surface area contributed by atoms with Crippen molar-refractivity contribution in [2.45, 2.75) is 20.5 Å². The van der Waals surface area contributed by atoms with E-state index in [-0.39, 0.29) is 6.61 Å². The van der Waals surface area contributed by atoms with Crippen molar-refractivity contribution in [2.75, 3.05) is 0 Å². The van der Waals surface area contributed by atoms with Gasteiger partial charge in [-0.2, -0.15) is 0 Å². The predicted octanol–water partition coefficient (Wildman–Crippen LogP) is 3.52. The van der Waals surface area contributed by atoms with Gasteiger partial charge < -0.3 is 5.11 Å². The summed E-state index contributed by atoms with van der Waals surface area (Å²) >= 11 is 1.82. The molecule has 1 nitrogen and oxygen atoms in total. The number of aliphatic hydroxyl groups is 1. The Morgan fingerprint density at radius 1 is 1.13 bits per heavy atom. The van der Waals surface area contributed by atoms with Gasteiger partial charge in [-0.25, -0.2) is 0 Å². The van der Waals surface area contributed by atoms with Crippen molar-refractivity contribution < 1.29 is 5.11 Å². The average Bonchev–Trinajstić information content (AvgIpc) is 2.59. The molecule has 0 saturated carbocycles. The molecule has 1 N–H and O–H groups in total. The number of rotatable bonds is 2. The summed E-state index contributed by atoms with van der Waals surface area (Å²) in [6.45, 7) is 4.39. The maximum atomic E-state index is 8.95. The number of aryl methyl sites for hydroxylation is 2. The molecule has 0 atom stereocenters. The van der Waals surface area contributed by atoms with E-state index in [1.54, 1.807) is 0 Å². The van der Waals surface area contributed by atoms with Gasteiger partial charge in [0.25, 0.3) is 0 Å². The van der Waals surface area contributed by atoms with E-state index in [9.17, 15) is 0 Å². The molecule has 0 spiro atoms. The Bertz CT molecular complexity index is 434. The zero-order valence-electron chi connectivity index (χ0n) is 8.95. The summed E-state index contributed by atoms with van der Waals surface area (Å²) in [4.78, 5) is 2.67. The summed E-state index contributed by atoms with van der Waals surface area (Å²) in [6.07, 6.45) is 0. The Labute approximate surface area is 94.0 Å². The molecule has 1 aromatic heterocycles. The average molecular weight is 218 g/mol. The van der Waals surface area contributed by atoms with E-state index in [4.69, 9.17) is 5.11 Å². The minimum absolute atomic E-state index is 0.114. The molecule has 0 radical (unpaired) electrons. The van der Waals surface area contributed by atoms with Crippen LogP contribution in [0.3, 0.4) is 0 Å². The van der Waals surface area contributed by atoms with Gasteiger partial charge >= 0.3 is 0 Å². The number of aliphatic hydroxyl groups excluding tert-OH is 1. The molecule has 0 amide bonds. The molecule has 0 aliphatic heterocycles. The van der Waals surface area contributed by atoms with Crippen LogP contribution in [0.25, 0.3) is 10.4 Å². The lowest BCUT2D eigenvalue weighted by atomic mass is 10.1. The molecule has 78 valence electrons. The minimum Gasteiger partial charge on any atom is -0.392 e. The summed E-state index contributed by atoms with van der Waals surface area (Å²) in [6, 6.07) is 10.3. The monoisotopic (exact) mass is 218 g/mol. The highest BCUT2D eigenvalue weighted by Crippen LogP contribution is 2.30. The Morgan fingerprint density at radius 2 is 1.80 bits per heavy atom. The van der Waals surface area contributed by atoms with Gasteiger partial charge in [0.2, 0.25) is 0 Å². The van der Waals surface area contributed by atoms with Crippen molar-refractivity contribution in [3.05, 3.63) is 46.3 Å². The number of benzene rings is 1. The van der Waals surface area contributed by atoms with E-state index in [2.05, 4.69) is 32.0 Å². The van der Waals surface area contributed by atoms with Crippen molar-refractivity contribution in [3.8, 4) is 10.4 Å². The largest absolute Gasteiger partial charge is 0.392 e. The molecule has 0 bridgehead atoms. The van der Waals surface area contributed by atoms with Crippen molar-refractivity contribution in [3.63, 3.8) is 0 Å². The third-order valence-electron chi connectivity index (χ3n) is 2.59. The number of hydrogen-bond donors (Lipinski definition) is 1. The van der Waals surface area contributed by atoms with Gasteiger partial charge in [0.1, 0.15) is 0 Å². The molecule has 2 heteroatoms. The van der Waals surface area contributed by atoms with E-state index in [1.807, 2.05) is 23.5 Å². The van der Waals surface area contributed by atoms with Gasteiger partial charge in [-0.05, 0) is 36.6 Å². The van der Waals surface area contributed by atoms with Crippen LogP contribution in [-0.2, 0) is 6.61 Å². The van der Waals surface area contributed by atoms with E-state index >= 15 is 0 Å². The molecule has 0 fully saturated rings. The first-order valence-corrected chi connectivity index (χ1v) is 5.79. The maximum Gasteiger partial charge on any atom is 0.0681 e. The van der Waals surface area contributed by atoms with Gasteiger partial charge in [-0.15, -0.1) is 11.3 Å². The lowest BCUT2D eigenvalue weighted by molar-refractivity contribution is 0.282. The van der Waals surface area contributed by atoms with Crippen molar-refractivity contribution in [1.29, 1.82) is 0 Å². The van der Waals surface area contributed by atoms with E-state index < -0.39 is 0 Å². The summed E-state index contributed by atoms with van der Waals surface area (Å²) in [7, 11) is 0. The van der Waals surface area contributed by atoms with Crippen LogP contribution in [0.1, 0.15) is 16.0 Å². The van der Waals surface area contributed by atoms with Gasteiger partial charge in [0, 0.05) is 9.75 Å². The van der Waals surface area contributed by atoms with Crippen molar-refractivity contribution in [2.24, 2.45) is 0 Å². The first-order valence-electron chi connectivity index (χ1n) is 4.98. The summed E-state index contributed by atoms with van der Waals surface area (Å²) in [5.74, 6) is 0. The number of thiophene rings is 1. The van der Waals surface area contributed by atoms with E-state index in [0.717, 1.165) is 5.56 Å². The zero-order chi connectivity index (χ0) is 10.8. The second-order valence-corrected chi connectivity index (χ2v) is 4.96. The normalized spacial score (nSPS) is 10.6. The maximum absolute atomic E-state index is 8.95. The van der Waals surface area contributed by atoms with Crippen LogP contribution in [0.2, 0.25) is 0 Å². The lowest BCUT2D eigenvalue weighted by Gasteiger charge is -1.99. The predicted molar refractivity (Wildman–Crippen MR) is 65.2 cm³/mol. The molecule has 1 heterocycles. The fraction of sp³-hybridized carbons (Fsp3) is 0.231. The van der Waals surface area contributed by atoms with Crippen LogP contribution in [-0.4, -0.2) is 5.11 Å². The van der Waals surface area contributed by atoms with E-state index in [1.165, 1.54) is 20.9 Å². The Balaban J connectivity index is 2.37. The van der Waals surface area contributed by atoms with Crippen LogP contribution < -0.4 is 0 Å². The van der Waals surface area contributed by atoms with Gasteiger partial charge in [0.05, 0.1) is 6.61 Å². The SMILES string of the molecule is Cc1cc(-c2ccc(CO)cc2)sc1C. The molecule has 2 aromatic rings. The van der Waals surface area contributed by atoms with Gasteiger partial charge in [0.15, 0.2) is 0 Å². The molecular weight excluding hydrogens is 204 g/mol. The molecule has 0 aliphatic carbocycles. The smallest absolute Gasteiger partial charge is 0.0681 e. The van der Waals surface area contributed by atoms with E-state index in [0.29, 0.717) is 0 Å². The topological polar surface area (TPSA) is 20.2 Å². The van der Waals surface area contributed by atoms with Crippen LogP contribution in [0.15, 0.2) is 30.3 Å². The Hall–Kier alpha value is -1.12. The highest BCUT2D eigenvalue weighted by molar-refractivity contribution is 7.15. The van der Waals surface area contributed by atoms with Gasteiger partial charge in [-0.3, -0.25) is 0 Å². The summed E-state index contributed by atoms with van der Waals surface area (Å²) in [5, 5.41) is 8.95. The quantitative estimate of drug-likeness (QED) is 0.817. The van der Waals surface area contributed by atoms with Crippen molar-refractivity contribution in [1.82, 2.24) is 0 Å². The fourth-order valence-electron chi connectivity index (χ4n) is 1.49. The second kappa shape index (κ2) is 4.17. The first kappa shape index (κ1) is 10.4. The molecule has 15 heavy (non-hydrogen) atoms. The first-order chi connectivity index (χ1) is 7.20. The molecule has 2 rings (SSSR count). The zero-order valence-corrected chi connectivity index (χ0v) is 9.77. The minimum atomic E-state index is 0.114. The highest BCUT2D eigenvalue weighted by atomic mass is 32.1. The van der Waals surface area contributed by atoms with Crippen LogP contribution in [0, 0.1) is 13.8 Å². The van der Waals surface area contributed by atoms with Crippen LogP contribution >= 0.6 is 11.3 Å². The lowest BCUT2D eigenvalue weighted by Crippen LogP contribution is -1.81. The number of hydrogen-bond acceptors (Lipinski definition) is 2. The standard InChI is InChI=1S/C13H14OS/c1-9-7-13(15-10(9)2)12-5-3-11(8-14)4-6-12/h3-7,14H,8H2,1-2H3. The molecular formula is C13H14OS. The molecule has 0 saturated heterocycles. The molecule has 0 unspecified atom stereocenters. The second-order valence-electron chi connectivity index (χ2n) is 3.70. The van der Waals surface area contributed by atoms with Crippen LogP contribution in [0.5, 0.6) is 0 Å². The highest BCUT2D eigenvalue weighted by Gasteiger charge is 2.03. The summed E-state index contributed by atoms with van der Waals surface area (Å²) < 4.78 is 0. The third-order valence-corrected chi connectivity index (χ3v) is 3.79. The fourth-order valence-corrected chi connectivity index (χ4v) is 2.53. The molecule has 0 aliphatic rings. The van der Waals surface area contributed by atoms with Gasteiger partial charge in [-0.1, -0.05) is 24.3 Å². The van der Waals surface area contributed by atoms with Crippen LogP contribution in [0.4, 0.5) is 0 Å². The summed E-state index contributed by atoms with van der Waals surface area (Å²) in [5.41, 5.74) is 3.54. The Morgan fingerprint density at radius 3 is 2.27 bits per heavy atom. The van der Waals surface area contributed by atoms with Crippen molar-refractivity contribution >= 4 is 11.3 Å². The third kappa shape index (κ3) is 2.11.